The van der Waals surface area contributed by atoms with Crippen molar-refractivity contribution in [1.82, 2.24) is 15.6 Å². The number of fused-ring (bicyclic) bond motifs is 1. The molecule has 0 aliphatic rings. The minimum absolute atomic E-state index is 0.0740. The first-order valence-electron chi connectivity index (χ1n) is 14.0. The average molecular weight is 595 g/mol. The van der Waals surface area contributed by atoms with E-state index in [2.05, 4.69) is 15.6 Å². The molecule has 5 rings (SSSR count). The number of carbonyl (C=O) groups is 3. The van der Waals surface area contributed by atoms with E-state index >= 15 is 0 Å². The van der Waals surface area contributed by atoms with Crippen LogP contribution in [0.1, 0.15) is 34.4 Å². The van der Waals surface area contributed by atoms with Crippen molar-refractivity contribution in [2.24, 2.45) is 0 Å². The molecule has 2 amide bonds. The molecule has 4 aromatic carbocycles. The molecule has 2 N–H and O–H groups in total. The minimum Gasteiger partial charge on any atom is -0.434 e. The predicted molar refractivity (Wildman–Crippen MR) is 168 cm³/mol. The van der Waals surface area contributed by atoms with Crippen molar-refractivity contribution in [3.05, 3.63) is 120 Å². The zero-order valence-electron chi connectivity index (χ0n) is 23.8. The summed E-state index contributed by atoms with van der Waals surface area (Å²) in [6, 6.07) is 29.3. The van der Waals surface area contributed by atoms with E-state index in [4.69, 9.17) is 16.0 Å². The number of nitrogens with zero attached hydrogens (tertiary/aromatic N) is 2. The summed E-state index contributed by atoms with van der Waals surface area (Å²) in [5.41, 5.74) is 4.14. The number of halogens is 1. The molecule has 43 heavy (non-hydrogen) atoms. The van der Waals surface area contributed by atoms with Gasteiger partial charge in [-0.25, -0.2) is 4.98 Å². The molecule has 1 heterocycles. The third-order valence-corrected chi connectivity index (χ3v) is 7.36. The second kappa shape index (κ2) is 13.4. The number of benzene rings is 4. The van der Waals surface area contributed by atoms with Gasteiger partial charge in [-0.1, -0.05) is 73.1 Å². The van der Waals surface area contributed by atoms with Crippen molar-refractivity contribution in [3.8, 4) is 11.1 Å². The Morgan fingerprint density at radius 2 is 1.56 bits per heavy atom. The Morgan fingerprint density at radius 3 is 2.26 bits per heavy atom. The van der Waals surface area contributed by atoms with Crippen LogP contribution in [0.25, 0.3) is 22.2 Å². The number of para-hydroxylation sites is 3. The molecule has 0 aliphatic heterocycles. The van der Waals surface area contributed by atoms with Gasteiger partial charge in [0, 0.05) is 29.9 Å². The summed E-state index contributed by atoms with van der Waals surface area (Å²) in [5, 5.41) is 6.31. The molecule has 218 valence electrons. The van der Waals surface area contributed by atoms with Crippen LogP contribution in [-0.4, -0.2) is 48.3 Å². The topological polar surface area (TPSA) is 105 Å². The summed E-state index contributed by atoms with van der Waals surface area (Å²) in [4.78, 5) is 46.5. The molecule has 0 aliphatic carbocycles. The highest BCUT2D eigenvalue weighted by atomic mass is 35.5. The molecular formula is C34H31ClN4O4. The number of Topliss-reactive ketones (excluding diaryl/α,β-unsaturated/α-hetero) is 1. The molecule has 1 aromatic heterocycles. The number of amides is 2. The van der Waals surface area contributed by atoms with Crippen molar-refractivity contribution in [2.45, 2.75) is 25.4 Å². The van der Waals surface area contributed by atoms with Gasteiger partial charge in [0.1, 0.15) is 11.6 Å². The van der Waals surface area contributed by atoms with Crippen LogP contribution in [0.3, 0.4) is 0 Å². The highest BCUT2D eigenvalue weighted by molar-refractivity contribution is 6.30. The van der Waals surface area contributed by atoms with Gasteiger partial charge in [0.15, 0.2) is 5.58 Å². The first-order valence-corrected chi connectivity index (χ1v) is 14.3. The Morgan fingerprint density at radius 1 is 0.837 bits per heavy atom. The minimum atomic E-state index is -0.976. The summed E-state index contributed by atoms with van der Waals surface area (Å²) in [6.45, 7) is 1.95. The van der Waals surface area contributed by atoms with Gasteiger partial charge in [0.05, 0.1) is 6.04 Å². The summed E-state index contributed by atoms with van der Waals surface area (Å²) in [7, 11) is 1.84. The summed E-state index contributed by atoms with van der Waals surface area (Å²) in [5.74, 6) is -1.43. The van der Waals surface area contributed by atoms with Crippen LogP contribution < -0.4 is 15.5 Å². The maximum Gasteiger partial charge on any atom is 0.266 e. The van der Waals surface area contributed by atoms with Crippen LogP contribution in [-0.2, 0) is 4.79 Å². The lowest BCUT2D eigenvalue weighted by Crippen LogP contribution is -2.55. The van der Waals surface area contributed by atoms with Gasteiger partial charge >= 0.3 is 0 Å². The Bertz CT molecular complexity index is 1700. The molecular weight excluding hydrogens is 564 g/mol. The number of nitrogens with one attached hydrogen (secondary N) is 2. The molecule has 0 radical (unpaired) electrons. The highest BCUT2D eigenvalue weighted by Gasteiger charge is 2.30. The van der Waals surface area contributed by atoms with E-state index in [0.717, 1.165) is 16.8 Å². The van der Waals surface area contributed by atoms with E-state index in [0.29, 0.717) is 28.1 Å². The molecule has 9 heteroatoms. The van der Waals surface area contributed by atoms with E-state index in [1.54, 1.807) is 49.4 Å². The van der Waals surface area contributed by atoms with Crippen molar-refractivity contribution in [3.63, 3.8) is 0 Å². The maximum absolute atomic E-state index is 13.7. The van der Waals surface area contributed by atoms with Gasteiger partial charge in [0.25, 0.3) is 11.8 Å². The van der Waals surface area contributed by atoms with Gasteiger partial charge in [-0.05, 0) is 66.1 Å². The second-order valence-electron chi connectivity index (χ2n) is 10.2. The van der Waals surface area contributed by atoms with Gasteiger partial charge in [-0.15, -0.1) is 0 Å². The molecule has 0 bridgehead atoms. The fourth-order valence-corrected chi connectivity index (χ4v) is 4.92. The van der Waals surface area contributed by atoms with Gasteiger partial charge in [-0.2, -0.15) is 0 Å². The number of oxazole rings is 1. The van der Waals surface area contributed by atoms with E-state index in [-0.39, 0.29) is 12.4 Å². The summed E-state index contributed by atoms with van der Waals surface area (Å²) < 4.78 is 5.65. The van der Waals surface area contributed by atoms with Crippen LogP contribution in [0.5, 0.6) is 0 Å². The quantitative estimate of drug-likeness (QED) is 0.177. The lowest BCUT2D eigenvalue weighted by molar-refractivity contribution is -0.123. The molecule has 2 atom stereocenters. The van der Waals surface area contributed by atoms with Crippen LogP contribution in [0.4, 0.5) is 5.69 Å². The highest BCUT2D eigenvalue weighted by Crippen LogP contribution is 2.23. The van der Waals surface area contributed by atoms with Crippen LogP contribution in [0.2, 0.25) is 5.02 Å². The second-order valence-corrected chi connectivity index (χ2v) is 10.6. The standard InChI is InChI=1S/C34H31ClN4O4/c1-3-27(31(40)34-38-28-14-7-8-15-30(28)43-34)36-33(42)29(21-39(2)26-12-5-4-6-13-26)37-32(41)23-18-16-22(17-19-23)24-10-9-11-25(35)20-24/h4-20,27,29H,3,21H2,1-2H3,(H,36,42)(H,37,41)/t27-,29-/m0/s1. The first-order chi connectivity index (χ1) is 20.8. The summed E-state index contributed by atoms with van der Waals surface area (Å²) in [6.07, 6.45) is 0.309. The van der Waals surface area contributed by atoms with Crippen molar-refractivity contribution in [1.29, 1.82) is 0 Å². The first kappa shape index (κ1) is 29.5. The SMILES string of the molecule is CC[C@H](NC(=O)[C@H](CN(C)c1ccccc1)NC(=O)c1ccc(-c2cccc(Cl)c2)cc1)C(=O)c1nc2ccccc2o1. The molecule has 8 nitrogen and oxygen atoms in total. The monoisotopic (exact) mass is 594 g/mol. The number of aromatic nitrogens is 1. The number of carbonyl (C=O) groups excluding carboxylic acids is 3. The average Bonchev–Trinajstić information content (AvgIpc) is 3.48. The predicted octanol–water partition coefficient (Wildman–Crippen LogP) is 6.16. The van der Waals surface area contributed by atoms with Gasteiger partial charge < -0.3 is 20.0 Å². The third kappa shape index (κ3) is 7.10. The Labute approximate surface area is 254 Å². The van der Waals surface area contributed by atoms with Gasteiger partial charge in [-0.3, -0.25) is 14.4 Å². The van der Waals surface area contributed by atoms with Crippen LogP contribution >= 0.6 is 11.6 Å². The van der Waals surface area contributed by atoms with E-state index in [1.165, 1.54) is 0 Å². The molecule has 5 aromatic rings. The van der Waals surface area contributed by atoms with Crippen molar-refractivity contribution >= 4 is 46.0 Å². The van der Waals surface area contributed by atoms with E-state index in [9.17, 15) is 14.4 Å². The number of ketones is 1. The fourth-order valence-electron chi connectivity index (χ4n) is 4.73. The molecule has 0 spiro atoms. The number of hydrogen-bond donors (Lipinski definition) is 2. The van der Waals surface area contributed by atoms with E-state index in [1.807, 2.05) is 72.6 Å². The number of rotatable bonds is 11. The molecule has 0 saturated carbocycles. The molecule has 0 saturated heterocycles. The fraction of sp³-hybridized carbons (Fsp3) is 0.176. The Hall–Kier alpha value is -4.95. The number of hydrogen-bond acceptors (Lipinski definition) is 6. The molecule has 0 unspecified atom stereocenters. The zero-order valence-corrected chi connectivity index (χ0v) is 24.5. The van der Waals surface area contributed by atoms with Crippen LogP contribution in [0.15, 0.2) is 108 Å². The number of anilines is 1. The largest absolute Gasteiger partial charge is 0.434 e. The summed E-state index contributed by atoms with van der Waals surface area (Å²) >= 11 is 6.13. The lowest BCUT2D eigenvalue weighted by Gasteiger charge is -2.27. The van der Waals surface area contributed by atoms with Crippen LogP contribution in [0, 0.1) is 0 Å². The Kier molecular flexibility index (Phi) is 9.17. The lowest BCUT2D eigenvalue weighted by atomic mass is 10.0. The smallest absolute Gasteiger partial charge is 0.266 e. The molecule has 0 fully saturated rings. The van der Waals surface area contributed by atoms with E-state index < -0.39 is 29.7 Å². The van der Waals surface area contributed by atoms with Crippen molar-refractivity contribution < 1.29 is 18.8 Å². The third-order valence-electron chi connectivity index (χ3n) is 7.13. The van der Waals surface area contributed by atoms with Gasteiger partial charge in [0.2, 0.25) is 11.7 Å². The zero-order chi connectivity index (χ0) is 30.3. The normalized spacial score (nSPS) is 12.3. The maximum atomic E-state index is 13.7. The Balaban J connectivity index is 1.34. The van der Waals surface area contributed by atoms with Crippen molar-refractivity contribution in [2.75, 3.05) is 18.5 Å². The number of likely N-dealkylation sites (N-methyl/N-ethyl adjacent to an activating group) is 1.